The summed E-state index contributed by atoms with van der Waals surface area (Å²) in [6, 6.07) is 1.83. The quantitative estimate of drug-likeness (QED) is 0.581. The molecule has 0 aromatic carbocycles. The Balaban J connectivity index is 2.65. The van der Waals surface area contributed by atoms with Crippen molar-refractivity contribution in [3.05, 3.63) is 0 Å². The molecule has 1 aliphatic rings. The first-order valence-corrected chi connectivity index (χ1v) is 4.14. The second-order valence-corrected chi connectivity index (χ2v) is 3.10. The molecular formula is C8H13N3O. The van der Waals surface area contributed by atoms with Crippen LogP contribution in [-0.4, -0.2) is 29.9 Å². The predicted molar refractivity (Wildman–Crippen MR) is 44.0 cm³/mol. The van der Waals surface area contributed by atoms with Gasteiger partial charge in [-0.25, -0.2) is 0 Å². The largest absolute Gasteiger partial charge is 0.299 e. The maximum Gasteiger partial charge on any atom is 0.215 e. The van der Waals surface area contributed by atoms with Gasteiger partial charge in [-0.15, -0.1) is 0 Å². The van der Waals surface area contributed by atoms with Gasteiger partial charge in [-0.2, -0.15) is 5.26 Å². The van der Waals surface area contributed by atoms with Crippen molar-refractivity contribution in [1.82, 2.24) is 4.90 Å². The van der Waals surface area contributed by atoms with Crippen LogP contribution in [-0.2, 0) is 4.79 Å². The number of hydrogen-bond acceptors (Lipinski definition) is 4. The summed E-state index contributed by atoms with van der Waals surface area (Å²) in [5, 5.41) is 8.69. The molecule has 1 heterocycles. The second-order valence-electron chi connectivity index (χ2n) is 3.10. The molecule has 0 aliphatic carbocycles. The van der Waals surface area contributed by atoms with Gasteiger partial charge in [0.15, 0.2) is 6.29 Å². The molecule has 1 fully saturated rings. The van der Waals surface area contributed by atoms with Crippen molar-refractivity contribution in [3.63, 3.8) is 0 Å². The maximum absolute atomic E-state index is 10.6. The topological polar surface area (TPSA) is 70.1 Å². The van der Waals surface area contributed by atoms with E-state index in [1.165, 1.54) is 0 Å². The first-order chi connectivity index (χ1) is 5.73. The number of rotatable bonds is 2. The number of nitrogens with zero attached hydrogens (tertiary/aromatic N) is 2. The molecule has 1 aliphatic heterocycles. The summed E-state index contributed by atoms with van der Waals surface area (Å²) in [6.45, 7) is 1.51. The molecule has 1 unspecified atom stereocenters. The van der Waals surface area contributed by atoms with Gasteiger partial charge in [0.2, 0.25) is 5.66 Å². The number of carbonyl (C=O) groups excluding carboxylic acids is 1. The minimum Gasteiger partial charge on any atom is -0.299 e. The lowest BCUT2D eigenvalue weighted by Gasteiger charge is -2.34. The molecule has 0 aromatic rings. The number of piperidine rings is 1. The fourth-order valence-electron chi connectivity index (χ4n) is 1.44. The van der Waals surface area contributed by atoms with Crippen LogP contribution >= 0.6 is 0 Å². The molecule has 0 spiro atoms. The molecule has 0 bridgehead atoms. The van der Waals surface area contributed by atoms with E-state index in [1.807, 2.05) is 6.07 Å². The molecule has 0 amide bonds. The summed E-state index contributed by atoms with van der Waals surface area (Å²) in [5.74, 6) is 0. The average Bonchev–Trinajstić information content (AvgIpc) is 2.18. The SMILES string of the molecule is N#CC(N)(C=O)N1CCCCC1. The Morgan fingerprint density at radius 3 is 2.42 bits per heavy atom. The van der Waals surface area contributed by atoms with Gasteiger partial charge in [-0.05, 0) is 12.8 Å². The number of nitriles is 1. The van der Waals surface area contributed by atoms with Crippen LogP contribution in [0.15, 0.2) is 0 Å². The first-order valence-electron chi connectivity index (χ1n) is 4.14. The van der Waals surface area contributed by atoms with Gasteiger partial charge in [0.05, 0.1) is 0 Å². The van der Waals surface area contributed by atoms with E-state index < -0.39 is 5.66 Å². The van der Waals surface area contributed by atoms with E-state index in [9.17, 15) is 4.79 Å². The number of carbonyl (C=O) groups is 1. The van der Waals surface area contributed by atoms with Crippen LogP contribution in [0.3, 0.4) is 0 Å². The van der Waals surface area contributed by atoms with Crippen molar-refractivity contribution >= 4 is 6.29 Å². The zero-order chi connectivity index (χ0) is 9.03. The Labute approximate surface area is 71.9 Å². The smallest absolute Gasteiger partial charge is 0.215 e. The average molecular weight is 167 g/mol. The highest BCUT2D eigenvalue weighted by atomic mass is 16.1. The van der Waals surface area contributed by atoms with Crippen molar-refractivity contribution in [2.24, 2.45) is 5.73 Å². The zero-order valence-corrected chi connectivity index (χ0v) is 6.99. The molecule has 1 saturated heterocycles. The molecule has 4 heteroatoms. The van der Waals surface area contributed by atoms with E-state index in [-0.39, 0.29) is 0 Å². The van der Waals surface area contributed by atoms with Crippen molar-refractivity contribution in [3.8, 4) is 6.07 Å². The fourth-order valence-corrected chi connectivity index (χ4v) is 1.44. The first kappa shape index (κ1) is 9.17. The van der Waals surface area contributed by atoms with Crippen molar-refractivity contribution in [2.75, 3.05) is 13.1 Å². The van der Waals surface area contributed by atoms with Crippen molar-refractivity contribution < 1.29 is 4.79 Å². The summed E-state index contributed by atoms with van der Waals surface area (Å²) in [7, 11) is 0. The van der Waals surface area contributed by atoms with Crippen molar-refractivity contribution in [2.45, 2.75) is 24.9 Å². The van der Waals surface area contributed by atoms with Crippen LogP contribution < -0.4 is 5.73 Å². The minimum atomic E-state index is -1.39. The van der Waals surface area contributed by atoms with Gasteiger partial charge in [0.25, 0.3) is 0 Å². The van der Waals surface area contributed by atoms with E-state index in [0.717, 1.165) is 32.4 Å². The number of nitrogens with two attached hydrogens (primary N) is 1. The minimum absolute atomic E-state index is 0.526. The fraction of sp³-hybridized carbons (Fsp3) is 0.750. The lowest BCUT2D eigenvalue weighted by molar-refractivity contribution is -0.116. The molecule has 0 radical (unpaired) electrons. The predicted octanol–water partition coefficient (Wildman–Crippen LogP) is -0.150. The van der Waals surface area contributed by atoms with Crippen LogP contribution in [0.1, 0.15) is 19.3 Å². The van der Waals surface area contributed by atoms with Gasteiger partial charge >= 0.3 is 0 Å². The van der Waals surface area contributed by atoms with Gasteiger partial charge in [-0.1, -0.05) is 6.42 Å². The summed E-state index contributed by atoms with van der Waals surface area (Å²) in [4.78, 5) is 12.3. The van der Waals surface area contributed by atoms with E-state index >= 15 is 0 Å². The van der Waals surface area contributed by atoms with Crippen LogP contribution in [0.25, 0.3) is 0 Å². The Kier molecular flexibility index (Phi) is 2.79. The Bertz CT molecular complexity index is 205. The number of likely N-dealkylation sites (tertiary alicyclic amines) is 1. The van der Waals surface area contributed by atoms with Crippen LogP contribution in [0, 0.1) is 11.3 Å². The van der Waals surface area contributed by atoms with Crippen molar-refractivity contribution in [1.29, 1.82) is 5.26 Å². The van der Waals surface area contributed by atoms with E-state index in [0.29, 0.717) is 6.29 Å². The number of aldehydes is 1. The zero-order valence-electron chi connectivity index (χ0n) is 6.99. The van der Waals surface area contributed by atoms with Gasteiger partial charge in [0, 0.05) is 13.1 Å². The summed E-state index contributed by atoms with van der Waals surface area (Å²) < 4.78 is 0. The molecule has 2 N–H and O–H groups in total. The maximum atomic E-state index is 10.6. The highest BCUT2D eigenvalue weighted by molar-refractivity contribution is 5.67. The summed E-state index contributed by atoms with van der Waals surface area (Å²) >= 11 is 0. The molecular weight excluding hydrogens is 154 g/mol. The lowest BCUT2D eigenvalue weighted by Crippen LogP contribution is -2.57. The highest BCUT2D eigenvalue weighted by Crippen LogP contribution is 2.14. The third kappa shape index (κ3) is 1.63. The monoisotopic (exact) mass is 167 g/mol. The standard InChI is InChI=1S/C8H13N3O/c9-6-8(10,7-12)11-4-2-1-3-5-11/h7H,1-5,10H2. The molecule has 0 aromatic heterocycles. The molecule has 66 valence electrons. The summed E-state index contributed by atoms with van der Waals surface area (Å²) in [6.07, 6.45) is 3.73. The van der Waals surface area contributed by atoms with Crippen LogP contribution in [0.2, 0.25) is 0 Å². The molecule has 12 heavy (non-hydrogen) atoms. The summed E-state index contributed by atoms with van der Waals surface area (Å²) in [5.41, 5.74) is 4.18. The Morgan fingerprint density at radius 1 is 1.42 bits per heavy atom. The Hall–Kier alpha value is -0.920. The third-order valence-corrected chi connectivity index (χ3v) is 2.24. The van der Waals surface area contributed by atoms with Crippen LogP contribution in [0.4, 0.5) is 0 Å². The molecule has 1 atom stereocenters. The normalized spacial score (nSPS) is 24.0. The molecule has 1 rings (SSSR count). The highest BCUT2D eigenvalue weighted by Gasteiger charge is 2.32. The molecule has 0 saturated carbocycles. The van der Waals surface area contributed by atoms with Crippen LogP contribution in [0.5, 0.6) is 0 Å². The van der Waals surface area contributed by atoms with E-state index in [4.69, 9.17) is 11.0 Å². The van der Waals surface area contributed by atoms with Gasteiger partial charge in [-0.3, -0.25) is 15.4 Å². The Morgan fingerprint density at radius 2 is 2.00 bits per heavy atom. The van der Waals surface area contributed by atoms with Gasteiger partial charge in [0.1, 0.15) is 6.07 Å². The second kappa shape index (κ2) is 3.65. The van der Waals surface area contributed by atoms with E-state index in [1.54, 1.807) is 4.90 Å². The lowest BCUT2D eigenvalue weighted by atomic mass is 10.1. The third-order valence-electron chi connectivity index (χ3n) is 2.24. The van der Waals surface area contributed by atoms with Gasteiger partial charge < -0.3 is 0 Å². The van der Waals surface area contributed by atoms with E-state index in [2.05, 4.69) is 0 Å². The molecule has 4 nitrogen and oxygen atoms in total. The number of hydrogen-bond donors (Lipinski definition) is 1.